The maximum atomic E-state index is 10.7. The third-order valence-electron chi connectivity index (χ3n) is 4.36. The average molecular weight is 506 g/mol. The zero-order valence-electron chi connectivity index (χ0n) is 16.4. The molecule has 1 aromatic carbocycles. The number of hydrogen-bond acceptors (Lipinski definition) is 5. The Morgan fingerprint density at radius 1 is 1.29 bits per heavy atom. The molecule has 0 atom stereocenters. The molecule has 1 aliphatic rings. The van der Waals surface area contributed by atoms with Crippen molar-refractivity contribution in [1.82, 2.24) is 10.6 Å². The Hall–Kier alpha value is -1.46. The van der Waals surface area contributed by atoms with Gasteiger partial charge in [0.25, 0.3) is 5.69 Å². The largest absolute Gasteiger partial charge is 0.381 e. The fourth-order valence-electron chi connectivity index (χ4n) is 2.78. The lowest BCUT2D eigenvalue weighted by atomic mass is 10.0. The number of nitrogens with one attached hydrogen (secondary N) is 2. The van der Waals surface area contributed by atoms with E-state index in [1.165, 1.54) is 12.1 Å². The minimum atomic E-state index is -0.400. The molecule has 0 saturated carbocycles. The van der Waals surface area contributed by atoms with Crippen molar-refractivity contribution in [3.8, 4) is 0 Å². The quantitative estimate of drug-likeness (QED) is 0.126. The third-order valence-corrected chi connectivity index (χ3v) is 4.36. The van der Waals surface area contributed by atoms with Crippen molar-refractivity contribution in [2.45, 2.75) is 32.7 Å². The number of nitrogens with zero attached hydrogens (tertiary/aromatic N) is 2. The van der Waals surface area contributed by atoms with Gasteiger partial charge < -0.3 is 20.1 Å². The fraction of sp³-hybridized carbons (Fsp3) is 0.632. The Morgan fingerprint density at radius 2 is 2.00 bits per heavy atom. The molecule has 0 aliphatic carbocycles. The van der Waals surface area contributed by atoms with Crippen molar-refractivity contribution in [2.75, 3.05) is 39.5 Å². The van der Waals surface area contributed by atoms with Crippen molar-refractivity contribution in [3.05, 3.63) is 39.9 Å². The van der Waals surface area contributed by atoms with Crippen LogP contribution in [0.25, 0.3) is 0 Å². The number of nitro groups is 1. The van der Waals surface area contributed by atoms with Crippen molar-refractivity contribution in [1.29, 1.82) is 0 Å². The molecule has 0 spiro atoms. The van der Waals surface area contributed by atoms with Crippen LogP contribution in [-0.4, -0.2) is 50.4 Å². The van der Waals surface area contributed by atoms with Gasteiger partial charge in [-0.3, -0.25) is 10.1 Å². The van der Waals surface area contributed by atoms with Crippen LogP contribution in [0.2, 0.25) is 0 Å². The molecule has 0 amide bonds. The highest BCUT2D eigenvalue weighted by molar-refractivity contribution is 14.0. The van der Waals surface area contributed by atoms with Gasteiger partial charge in [0.1, 0.15) is 0 Å². The molecule has 1 aromatic rings. The van der Waals surface area contributed by atoms with E-state index in [-0.39, 0.29) is 29.7 Å². The van der Waals surface area contributed by atoms with Gasteiger partial charge in [-0.15, -0.1) is 24.0 Å². The number of aliphatic imine (C=N–C) groups is 1. The average Bonchev–Trinajstić information content (AvgIpc) is 2.69. The normalized spacial score (nSPS) is 15.0. The van der Waals surface area contributed by atoms with Gasteiger partial charge in [0.05, 0.1) is 11.5 Å². The number of rotatable bonds is 10. The number of benzene rings is 1. The predicted molar refractivity (Wildman–Crippen MR) is 120 cm³/mol. The summed E-state index contributed by atoms with van der Waals surface area (Å²) >= 11 is 0. The second-order valence-electron chi connectivity index (χ2n) is 6.53. The molecule has 0 aromatic heterocycles. The second-order valence-corrected chi connectivity index (χ2v) is 6.53. The van der Waals surface area contributed by atoms with Crippen LogP contribution in [0.3, 0.4) is 0 Å². The van der Waals surface area contributed by atoms with Crippen LogP contribution >= 0.6 is 24.0 Å². The van der Waals surface area contributed by atoms with Gasteiger partial charge in [-0.25, -0.2) is 4.99 Å². The van der Waals surface area contributed by atoms with Crippen LogP contribution in [0.1, 0.15) is 31.7 Å². The number of ether oxygens (including phenoxy) is 2. The molecule has 8 nitrogen and oxygen atoms in total. The topological polar surface area (TPSA) is 98.0 Å². The summed E-state index contributed by atoms with van der Waals surface area (Å²) in [5.74, 6) is 1.37. The first-order valence-electron chi connectivity index (χ1n) is 9.60. The molecule has 1 heterocycles. The second kappa shape index (κ2) is 14.5. The summed E-state index contributed by atoms with van der Waals surface area (Å²) in [5.41, 5.74) is 1.02. The fourth-order valence-corrected chi connectivity index (χ4v) is 2.78. The van der Waals surface area contributed by atoms with Crippen LogP contribution < -0.4 is 10.6 Å². The zero-order valence-corrected chi connectivity index (χ0v) is 18.7. The van der Waals surface area contributed by atoms with E-state index in [9.17, 15) is 10.1 Å². The smallest absolute Gasteiger partial charge is 0.269 e. The van der Waals surface area contributed by atoms with Crippen molar-refractivity contribution >= 4 is 35.6 Å². The highest BCUT2D eigenvalue weighted by Gasteiger charge is 2.13. The summed E-state index contributed by atoms with van der Waals surface area (Å²) in [7, 11) is 0. The van der Waals surface area contributed by atoms with Gasteiger partial charge in [0.2, 0.25) is 0 Å². The van der Waals surface area contributed by atoms with Gasteiger partial charge in [-0.1, -0.05) is 12.1 Å². The molecule has 158 valence electrons. The molecular formula is C19H31IN4O4. The Morgan fingerprint density at radius 3 is 2.64 bits per heavy atom. The van der Waals surface area contributed by atoms with Crippen LogP contribution in [0.4, 0.5) is 5.69 Å². The minimum Gasteiger partial charge on any atom is -0.381 e. The van der Waals surface area contributed by atoms with E-state index in [1.807, 2.05) is 6.92 Å². The van der Waals surface area contributed by atoms with Gasteiger partial charge >= 0.3 is 0 Å². The maximum absolute atomic E-state index is 10.7. The van der Waals surface area contributed by atoms with E-state index in [0.29, 0.717) is 12.5 Å². The molecular weight excluding hydrogens is 475 g/mol. The summed E-state index contributed by atoms with van der Waals surface area (Å²) in [4.78, 5) is 14.8. The van der Waals surface area contributed by atoms with Gasteiger partial charge in [-0.05, 0) is 37.7 Å². The highest BCUT2D eigenvalue weighted by Crippen LogP contribution is 2.14. The molecule has 0 radical (unpaired) electrons. The van der Waals surface area contributed by atoms with E-state index in [4.69, 9.17) is 9.47 Å². The summed E-state index contributed by atoms with van der Waals surface area (Å²) in [6.07, 6.45) is 3.10. The lowest BCUT2D eigenvalue weighted by molar-refractivity contribution is -0.384. The lowest BCUT2D eigenvalue weighted by Gasteiger charge is -2.21. The first-order valence-corrected chi connectivity index (χ1v) is 9.60. The molecule has 1 saturated heterocycles. The van der Waals surface area contributed by atoms with E-state index in [0.717, 1.165) is 70.3 Å². The van der Waals surface area contributed by atoms with Gasteiger partial charge in [-0.2, -0.15) is 0 Å². The molecule has 0 bridgehead atoms. The van der Waals surface area contributed by atoms with Crippen LogP contribution in [0, 0.1) is 16.0 Å². The summed E-state index contributed by atoms with van der Waals surface area (Å²) < 4.78 is 11.1. The SMILES string of the molecule is CCNC(=NCc1ccc([N+](=O)[O-])cc1)NCCCOCC1CCOCC1.I. The van der Waals surface area contributed by atoms with Gasteiger partial charge in [0.15, 0.2) is 5.96 Å². The minimum absolute atomic E-state index is 0. The summed E-state index contributed by atoms with van der Waals surface area (Å²) in [6, 6.07) is 6.46. The third kappa shape index (κ3) is 9.65. The van der Waals surface area contributed by atoms with Crippen LogP contribution in [-0.2, 0) is 16.0 Å². The first-order chi connectivity index (χ1) is 13.2. The number of nitro benzene ring substituents is 1. The Balaban J connectivity index is 0.00000392. The maximum Gasteiger partial charge on any atom is 0.269 e. The highest BCUT2D eigenvalue weighted by atomic mass is 127. The zero-order chi connectivity index (χ0) is 19.3. The van der Waals surface area contributed by atoms with Crippen molar-refractivity contribution in [3.63, 3.8) is 0 Å². The van der Waals surface area contributed by atoms with Crippen LogP contribution in [0.5, 0.6) is 0 Å². The molecule has 0 unspecified atom stereocenters. The number of guanidine groups is 1. The molecule has 2 rings (SSSR count). The molecule has 1 aliphatic heterocycles. The van der Waals surface area contributed by atoms with E-state index in [2.05, 4.69) is 15.6 Å². The van der Waals surface area contributed by atoms with Gasteiger partial charge in [0, 0.05) is 51.6 Å². The first kappa shape index (κ1) is 24.6. The summed E-state index contributed by atoms with van der Waals surface area (Å²) in [6.45, 7) is 7.28. The Labute approximate surface area is 183 Å². The van der Waals surface area contributed by atoms with E-state index in [1.54, 1.807) is 12.1 Å². The summed E-state index contributed by atoms with van der Waals surface area (Å²) in [5, 5.41) is 17.2. The molecule has 9 heteroatoms. The van der Waals surface area contributed by atoms with Crippen molar-refractivity contribution < 1.29 is 14.4 Å². The van der Waals surface area contributed by atoms with E-state index >= 15 is 0 Å². The Bertz CT molecular complexity index is 592. The molecule has 1 fully saturated rings. The number of hydrogen-bond donors (Lipinski definition) is 2. The molecule has 28 heavy (non-hydrogen) atoms. The monoisotopic (exact) mass is 506 g/mol. The van der Waals surface area contributed by atoms with Crippen LogP contribution in [0.15, 0.2) is 29.3 Å². The Kier molecular flexibility index (Phi) is 12.8. The predicted octanol–water partition coefficient (Wildman–Crippen LogP) is 3.10. The number of non-ortho nitro benzene ring substituents is 1. The lowest BCUT2D eigenvalue weighted by Crippen LogP contribution is -2.38. The standard InChI is InChI=1S/C19H30N4O4.HI/c1-2-20-19(22-14-16-4-6-18(7-5-16)23(24)25)21-10-3-11-27-15-17-8-12-26-13-9-17;/h4-7,17H,2-3,8-15H2,1H3,(H2,20,21,22);1H. The van der Waals surface area contributed by atoms with Crippen molar-refractivity contribution in [2.24, 2.45) is 10.9 Å². The molecule has 2 N–H and O–H groups in total. The van der Waals surface area contributed by atoms with E-state index < -0.39 is 4.92 Å². The number of halogens is 1.